The Morgan fingerprint density at radius 3 is 3.10 bits per heavy atom. The molecule has 1 aromatic heterocycles. The standard InChI is InChI=1S/C16H21NO3S/c1-11-10-15(21-14(11)8-3-4-9-18)16(19)17-12-6-5-7-13(12)20-2/h10,12-13,18H,4-7,9H2,1-2H3,(H,17,19). The van der Waals surface area contributed by atoms with Crippen molar-refractivity contribution in [2.24, 2.45) is 0 Å². The number of nitrogens with one attached hydrogen (secondary N) is 1. The number of rotatable bonds is 4. The summed E-state index contributed by atoms with van der Waals surface area (Å²) >= 11 is 1.40. The number of aliphatic hydroxyl groups excluding tert-OH is 1. The molecule has 0 saturated heterocycles. The molecule has 0 aromatic carbocycles. The van der Waals surface area contributed by atoms with E-state index in [2.05, 4.69) is 17.2 Å². The molecule has 1 saturated carbocycles. The second-order valence-corrected chi connectivity index (χ2v) is 6.24. The number of aliphatic hydroxyl groups is 1. The largest absolute Gasteiger partial charge is 0.395 e. The average Bonchev–Trinajstić information content (AvgIpc) is 3.06. The van der Waals surface area contributed by atoms with Crippen LogP contribution in [0.15, 0.2) is 6.07 Å². The molecule has 2 rings (SSSR count). The Morgan fingerprint density at radius 2 is 2.38 bits per heavy atom. The summed E-state index contributed by atoms with van der Waals surface area (Å²) in [5.74, 6) is 5.85. The van der Waals surface area contributed by atoms with Crippen LogP contribution in [0, 0.1) is 18.8 Å². The van der Waals surface area contributed by atoms with Gasteiger partial charge in [0.2, 0.25) is 0 Å². The lowest BCUT2D eigenvalue weighted by molar-refractivity contribution is 0.0724. The minimum atomic E-state index is -0.0488. The molecule has 1 heterocycles. The van der Waals surface area contributed by atoms with Crippen molar-refractivity contribution in [3.05, 3.63) is 21.4 Å². The molecule has 1 aliphatic rings. The van der Waals surface area contributed by atoms with Gasteiger partial charge in [-0.15, -0.1) is 11.3 Å². The van der Waals surface area contributed by atoms with Gasteiger partial charge in [0.05, 0.1) is 28.5 Å². The van der Waals surface area contributed by atoms with Gasteiger partial charge in [-0.25, -0.2) is 0 Å². The summed E-state index contributed by atoms with van der Waals surface area (Å²) in [5, 5.41) is 11.8. The molecule has 1 aromatic rings. The number of amides is 1. The fourth-order valence-corrected chi connectivity index (χ4v) is 3.48. The number of thiophene rings is 1. The van der Waals surface area contributed by atoms with E-state index in [4.69, 9.17) is 9.84 Å². The van der Waals surface area contributed by atoms with Crippen LogP contribution in [0.25, 0.3) is 0 Å². The van der Waals surface area contributed by atoms with E-state index >= 15 is 0 Å². The third-order valence-corrected chi connectivity index (χ3v) is 4.80. The lowest BCUT2D eigenvalue weighted by Gasteiger charge is -2.19. The first kappa shape index (κ1) is 16.0. The summed E-state index contributed by atoms with van der Waals surface area (Å²) < 4.78 is 5.40. The van der Waals surface area contributed by atoms with Crippen LogP contribution >= 0.6 is 11.3 Å². The lowest BCUT2D eigenvalue weighted by atomic mass is 10.2. The van der Waals surface area contributed by atoms with Crippen molar-refractivity contribution >= 4 is 17.2 Å². The van der Waals surface area contributed by atoms with Gasteiger partial charge in [-0.1, -0.05) is 11.8 Å². The molecule has 5 heteroatoms. The van der Waals surface area contributed by atoms with E-state index in [0.717, 1.165) is 29.7 Å². The number of carbonyl (C=O) groups excluding carboxylic acids is 1. The van der Waals surface area contributed by atoms with E-state index in [1.165, 1.54) is 11.3 Å². The van der Waals surface area contributed by atoms with Gasteiger partial charge >= 0.3 is 0 Å². The van der Waals surface area contributed by atoms with E-state index in [1.807, 2.05) is 13.0 Å². The molecular formula is C16H21NO3S. The first-order valence-electron chi connectivity index (χ1n) is 7.19. The summed E-state index contributed by atoms with van der Waals surface area (Å²) in [4.78, 5) is 13.9. The summed E-state index contributed by atoms with van der Waals surface area (Å²) in [5.41, 5.74) is 1.00. The topological polar surface area (TPSA) is 58.6 Å². The summed E-state index contributed by atoms with van der Waals surface area (Å²) in [6.07, 6.45) is 3.64. The number of methoxy groups -OCH3 is 1. The van der Waals surface area contributed by atoms with Crippen molar-refractivity contribution in [2.45, 2.75) is 44.8 Å². The average molecular weight is 307 g/mol. The normalized spacial score (nSPS) is 20.9. The molecule has 2 atom stereocenters. The zero-order chi connectivity index (χ0) is 15.2. The monoisotopic (exact) mass is 307 g/mol. The van der Waals surface area contributed by atoms with Crippen molar-refractivity contribution in [1.82, 2.24) is 5.32 Å². The van der Waals surface area contributed by atoms with Crippen molar-refractivity contribution in [3.63, 3.8) is 0 Å². The highest BCUT2D eigenvalue weighted by molar-refractivity contribution is 7.14. The van der Waals surface area contributed by atoms with Gasteiger partial charge in [0.15, 0.2) is 0 Å². The van der Waals surface area contributed by atoms with Crippen molar-refractivity contribution in [3.8, 4) is 11.8 Å². The number of ether oxygens (including phenoxy) is 1. The van der Waals surface area contributed by atoms with Crippen molar-refractivity contribution in [1.29, 1.82) is 0 Å². The van der Waals surface area contributed by atoms with Crippen LogP contribution in [0.5, 0.6) is 0 Å². The molecule has 1 aliphatic carbocycles. The van der Waals surface area contributed by atoms with Crippen LogP contribution in [0.1, 0.15) is 45.8 Å². The van der Waals surface area contributed by atoms with Crippen LogP contribution in [0.2, 0.25) is 0 Å². The lowest BCUT2D eigenvalue weighted by Crippen LogP contribution is -2.40. The second kappa shape index (κ2) is 7.60. The van der Waals surface area contributed by atoms with Gasteiger partial charge in [0.1, 0.15) is 0 Å². The molecule has 1 amide bonds. The van der Waals surface area contributed by atoms with Gasteiger partial charge in [0.25, 0.3) is 5.91 Å². The molecular weight excluding hydrogens is 286 g/mol. The van der Waals surface area contributed by atoms with Crippen LogP contribution in [-0.4, -0.2) is 36.9 Å². The van der Waals surface area contributed by atoms with Crippen molar-refractivity contribution < 1.29 is 14.6 Å². The third kappa shape index (κ3) is 4.07. The Kier molecular flexibility index (Phi) is 5.80. The molecule has 4 nitrogen and oxygen atoms in total. The van der Waals surface area contributed by atoms with E-state index in [-0.39, 0.29) is 24.7 Å². The summed E-state index contributed by atoms with van der Waals surface area (Å²) in [6.45, 7) is 2.01. The first-order valence-corrected chi connectivity index (χ1v) is 8.01. The van der Waals surface area contributed by atoms with Gasteiger partial charge in [-0.05, 0) is 37.8 Å². The molecule has 2 N–H and O–H groups in total. The highest BCUT2D eigenvalue weighted by Crippen LogP contribution is 2.24. The van der Waals surface area contributed by atoms with Crippen LogP contribution in [0.4, 0.5) is 0 Å². The molecule has 0 radical (unpaired) electrons. The predicted octanol–water partition coefficient (Wildman–Crippen LogP) is 2.09. The molecule has 1 fully saturated rings. The summed E-state index contributed by atoms with van der Waals surface area (Å²) in [7, 11) is 1.69. The van der Waals surface area contributed by atoms with Crippen LogP contribution < -0.4 is 5.32 Å². The van der Waals surface area contributed by atoms with E-state index in [1.54, 1.807) is 7.11 Å². The maximum Gasteiger partial charge on any atom is 0.261 e. The Hall–Kier alpha value is -1.35. The number of carbonyl (C=O) groups is 1. The van der Waals surface area contributed by atoms with Gasteiger partial charge in [0, 0.05) is 13.5 Å². The third-order valence-electron chi connectivity index (χ3n) is 3.65. The Labute approximate surface area is 129 Å². The van der Waals surface area contributed by atoms with Crippen LogP contribution in [-0.2, 0) is 4.74 Å². The highest BCUT2D eigenvalue weighted by Gasteiger charge is 2.29. The van der Waals surface area contributed by atoms with Gasteiger partial charge in [-0.3, -0.25) is 4.79 Å². The molecule has 21 heavy (non-hydrogen) atoms. The van der Waals surface area contributed by atoms with Crippen molar-refractivity contribution in [2.75, 3.05) is 13.7 Å². The molecule has 0 bridgehead atoms. The highest BCUT2D eigenvalue weighted by atomic mass is 32.1. The Morgan fingerprint density at radius 1 is 1.57 bits per heavy atom. The smallest absolute Gasteiger partial charge is 0.261 e. The van der Waals surface area contributed by atoms with E-state index in [0.29, 0.717) is 11.3 Å². The van der Waals surface area contributed by atoms with Gasteiger partial charge in [-0.2, -0.15) is 0 Å². The fraction of sp³-hybridized carbons (Fsp3) is 0.562. The quantitative estimate of drug-likeness (QED) is 0.838. The number of aryl methyl sites for hydroxylation is 1. The maximum absolute atomic E-state index is 12.3. The number of hydrogen-bond donors (Lipinski definition) is 2. The SMILES string of the molecule is COC1CCCC1NC(=O)c1cc(C)c(C#CCCO)s1. The predicted molar refractivity (Wildman–Crippen MR) is 83.5 cm³/mol. The Bertz CT molecular complexity index is 556. The number of hydrogen-bond acceptors (Lipinski definition) is 4. The Balaban J connectivity index is 2.03. The maximum atomic E-state index is 12.3. The first-order chi connectivity index (χ1) is 10.2. The fourth-order valence-electron chi connectivity index (χ4n) is 2.53. The second-order valence-electron chi connectivity index (χ2n) is 5.18. The minimum Gasteiger partial charge on any atom is -0.395 e. The zero-order valence-corrected chi connectivity index (χ0v) is 13.3. The molecule has 114 valence electrons. The minimum absolute atomic E-state index is 0.0488. The molecule has 0 spiro atoms. The molecule has 0 aliphatic heterocycles. The molecule has 2 unspecified atom stereocenters. The van der Waals surface area contributed by atoms with Gasteiger partial charge < -0.3 is 15.2 Å². The van der Waals surface area contributed by atoms with Crippen LogP contribution in [0.3, 0.4) is 0 Å². The zero-order valence-electron chi connectivity index (χ0n) is 12.4. The van der Waals surface area contributed by atoms with E-state index in [9.17, 15) is 4.79 Å². The summed E-state index contributed by atoms with van der Waals surface area (Å²) in [6, 6.07) is 1.98. The van der Waals surface area contributed by atoms with E-state index < -0.39 is 0 Å².